The Bertz CT molecular complexity index is 1390. The molecule has 39 heavy (non-hydrogen) atoms. The molecule has 4 aromatic rings. The quantitative estimate of drug-likeness (QED) is 0.139. The van der Waals surface area contributed by atoms with Gasteiger partial charge in [0.05, 0.1) is 74.2 Å². The van der Waals surface area contributed by atoms with Crippen molar-refractivity contribution in [3.05, 3.63) is 35.8 Å². The molecular weight excluding hydrogens is 504 g/mol. The molecular formula is C29H34N2O8. The van der Waals surface area contributed by atoms with E-state index in [1.807, 2.05) is 0 Å². The highest BCUT2D eigenvalue weighted by Crippen LogP contribution is 2.46. The van der Waals surface area contributed by atoms with Crippen molar-refractivity contribution in [3.63, 3.8) is 0 Å². The van der Waals surface area contributed by atoms with Crippen molar-refractivity contribution in [2.24, 2.45) is 0 Å². The first-order valence-corrected chi connectivity index (χ1v) is 12.7. The SMILES string of the molecule is COc1c(C(C)=O)c(NCCCCCNc2c(C(C)=O)c(OC)c3ccoc3c2OC)c(OC)c2occc12. The van der Waals surface area contributed by atoms with Crippen LogP contribution in [-0.2, 0) is 0 Å². The zero-order valence-corrected chi connectivity index (χ0v) is 23.1. The molecule has 0 saturated carbocycles. The van der Waals surface area contributed by atoms with Gasteiger partial charge in [-0.2, -0.15) is 0 Å². The van der Waals surface area contributed by atoms with Gasteiger partial charge in [-0.1, -0.05) is 0 Å². The third-order valence-corrected chi connectivity index (χ3v) is 6.62. The van der Waals surface area contributed by atoms with Gasteiger partial charge < -0.3 is 38.4 Å². The summed E-state index contributed by atoms with van der Waals surface area (Å²) in [6.07, 6.45) is 5.59. The molecule has 0 bridgehead atoms. The lowest BCUT2D eigenvalue weighted by molar-refractivity contribution is 0.100. The minimum atomic E-state index is -0.140. The molecule has 0 unspecified atom stereocenters. The molecule has 10 nitrogen and oxygen atoms in total. The third-order valence-electron chi connectivity index (χ3n) is 6.62. The maximum absolute atomic E-state index is 12.6. The normalized spacial score (nSPS) is 11.0. The maximum atomic E-state index is 12.6. The van der Waals surface area contributed by atoms with Gasteiger partial charge in [0.2, 0.25) is 0 Å². The average Bonchev–Trinajstić information content (AvgIpc) is 3.60. The smallest absolute Gasteiger partial charge is 0.186 e. The number of ketones is 2. The van der Waals surface area contributed by atoms with E-state index in [1.54, 1.807) is 38.9 Å². The minimum absolute atomic E-state index is 0.140. The second kappa shape index (κ2) is 12.0. The number of ether oxygens (including phenoxy) is 4. The van der Waals surface area contributed by atoms with Crippen LogP contribution in [0.2, 0.25) is 0 Å². The van der Waals surface area contributed by atoms with Crippen molar-refractivity contribution in [1.29, 1.82) is 0 Å². The van der Waals surface area contributed by atoms with Crippen molar-refractivity contribution >= 4 is 44.9 Å². The summed E-state index contributed by atoms with van der Waals surface area (Å²) in [4.78, 5) is 25.1. The van der Waals surface area contributed by atoms with E-state index in [2.05, 4.69) is 10.6 Å². The van der Waals surface area contributed by atoms with Crippen molar-refractivity contribution < 1.29 is 37.4 Å². The Morgan fingerprint density at radius 3 is 1.36 bits per heavy atom. The maximum Gasteiger partial charge on any atom is 0.186 e. The Hall–Kier alpha value is -4.34. The number of methoxy groups -OCH3 is 4. The lowest BCUT2D eigenvalue weighted by atomic mass is 10.0. The van der Waals surface area contributed by atoms with Gasteiger partial charge in [0.25, 0.3) is 0 Å². The second-order valence-electron chi connectivity index (χ2n) is 8.99. The standard InChI is InChI=1S/C29H34N2O8/c1-16(32)20-22(28(36-5)26-18(10-14-38-26)24(20)34-3)30-12-8-7-9-13-31-23-21(17(2)33)25(35-4)19-11-15-39-27(19)29(23)37-6/h10-11,14-15,30-31H,7-9,12-13H2,1-6H3. The van der Waals surface area contributed by atoms with Crippen LogP contribution in [0.3, 0.4) is 0 Å². The predicted molar refractivity (Wildman–Crippen MR) is 149 cm³/mol. The van der Waals surface area contributed by atoms with Gasteiger partial charge >= 0.3 is 0 Å². The van der Waals surface area contributed by atoms with Gasteiger partial charge in [-0.15, -0.1) is 0 Å². The molecule has 10 heteroatoms. The molecule has 4 rings (SSSR count). The topological polar surface area (TPSA) is 121 Å². The number of carbonyl (C=O) groups is 2. The van der Waals surface area contributed by atoms with Crippen LogP contribution in [0.5, 0.6) is 23.0 Å². The number of unbranched alkanes of at least 4 members (excludes halogenated alkanes) is 2. The summed E-state index contributed by atoms with van der Waals surface area (Å²) in [6.45, 7) is 4.19. The van der Waals surface area contributed by atoms with Gasteiger partial charge in [0.1, 0.15) is 11.5 Å². The van der Waals surface area contributed by atoms with E-state index in [-0.39, 0.29) is 11.6 Å². The zero-order chi connectivity index (χ0) is 28.1. The summed E-state index contributed by atoms with van der Waals surface area (Å²) in [5.41, 5.74) is 3.00. The number of anilines is 2. The number of hydrogen-bond acceptors (Lipinski definition) is 10. The van der Waals surface area contributed by atoms with Crippen molar-refractivity contribution in [2.75, 3.05) is 52.2 Å². The van der Waals surface area contributed by atoms with E-state index in [9.17, 15) is 9.59 Å². The van der Waals surface area contributed by atoms with Gasteiger partial charge in [-0.3, -0.25) is 9.59 Å². The van der Waals surface area contributed by atoms with E-state index in [0.29, 0.717) is 80.5 Å². The molecule has 0 aliphatic carbocycles. The van der Waals surface area contributed by atoms with E-state index in [4.69, 9.17) is 27.8 Å². The fraction of sp³-hybridized carbons (Fsp3) is 0.379. The fourth-order valence-corrected chi connectivity index (χ4v) is 4.95. The highest BCUT2D eigenvalue weighted by Gasteiger charge is 2.27. The molecule has 0 aliphatic heterocycles. The summed E-state index contributed by atoms with van der Waals surface area (Å²) in [7, 11) is 6.15. The van der Waals surface area contributed by atoms with Gasteiger partial charge in [-0.05, 0) is 45.2 Å². The molecule has 0 atom stereocenters. The van der Waals surface area contributed by atoms with Crippen LogP contribution in [-0.4, -0.2) is 53.1 Å². The van der Waals surface area contributed by atoms with Crippen molar-refractivity contribution in [2.45, 2.75) is 33.1 Å². The van der Waals surface area contributed by atoms with Crippen LogP contribution in [0.1, 0.15) is 53.8 Å². The Morgan fingerprint density at radius 1 is 0.641 bits per heavy atom. The van der Waals surface area contributed by atoms with Crippen LogP contribution in [0.15, 0.2) is 33.5 Å². The van der Waals surface area contributed by atoms with Crippen LogP contribution in [0.4, 0.5) is 11.4 Å². The van der Waals surface area contributed by atoms with Gasteiger partial charge in [0, 0.05) is 13.1 Å². The summed E-state index contributed by atoms with van der Waals surface area (Å²) in [6, 6.07) is 3.51. The molecule has 2 N–H and O–H groups in total. The van der Waals surface area contributed by atoms with E-state index in [0.717, 1.165) is 19.3 Å². The summed E-state index contributed by atoms with van der Waals surface area (Å²) >= 11 is 0. The fourth-order valence-electron chi connectivity index (χ4n) is 4.95. The molecule has 2 aromatic heterocycles. The number of benzene rings is 2. The molecule has 0 saturated heterocycles. The second-order valence-corrected chi connectivity index (χ2v) is 8.99. The first kappa shape index (κ1) is 27.7. The molecule has 0 spiro atoms. The van der Waals surface area contributed by atoms with Crippen LogP contribution < -0.4 is 29.6 Å². The highest BCUT2D eigenvalue weighted by molar-refractivity contribution is 6.12. The molecule has 2 heterocycles. The van der Waals surface area contributed by atoms with Gasteiger partial charge in [-0.25, -0.2) is 0 Å². The van der Waals surface area contributed by atoms with E-state index < -0.39 is 0 Å². The number of carbonyl (C=O) groups excluding carboxylic acids is 2. The Morgan fingerprint density at radius 2 is 1.03 bits per heavy atom. The number of nitrogens with one attached hydrogen (secondary N) is 2. The highest BCUT2D eigenvalue weighted by atomic mass is 16.5. The first-order chi connectivity index (χ1) is 18.9. The largest absolute Gasteiger partial charge is 0.495 e. The van der Waals surface area contributed by atoms with E-state index >= 15 is 0 Å². The molecule has 2 aromatic carbocycles. The Kier molecular flexibility index (Phi) is 8.53. The van der Waals surface area contributed by atoms with Crippen molar-refractivity contribution in [3.8, 4) is 23.0 Å². The zero-order valence-electron chi connectivity index (χ0n) is 23.1. The third kappa shape index (κ3) is 5.06. The predicted octanol–water partition coefficient (Wildman–Crippen LogP) is 6.31. The number of Topliss-reactive ketones (excluding diaryl/α,β-unsaturated/α-hetero) is 2. The monoisotopic (exact) mass is 538 g/mol. The summed E-state index contributed by atoms with van der Waals surface area (Å²) in [5, 5.41) is 8.07. The van der Waals surface area contributed by atoms with Crippen LogP contribution in [0, 0.1) is 0 Å². The molecule has 0 fully saturated rings. The minimum Gasteiger partial charge on any atom is -0.495 e. The average molecular weight is 539 g/mol. The van der Waals surface area contributed by atoms with Crippen LogP contribution in [0.25, 0.3) is 21.9 Å². The lowest BCUT2D eigenvalue weighted by Gasteiger charge is -2.19. The molecule has 0 radical (unpaired) electrons. The number of hydrogen-bond donors (Lipinski definition) is 2. The Balaban J connectivity index is 1.44. The summed E-state index contributed by atoms with van der Waals surface area (Å²) in [5.74, 6) is 1.57. The number of fused-ring (bicyclic) bond motifs is 2. The number of rotatable bonds is 14. The lowest BCUT2D eigenvalue weighted by Crippen LogP contribution is -2.12. The molecule has 0 amide bonds. The molecule has 0 aliphatic rings. The summed E-state index contributed by atoms with van der Waals surface area (Å²) < 4.78 is 33.6. The number of furan rings is 2. The van der Waals surface area contributed by atoms with Gasteiger partial charge in [0.15, 0.2) is 34.2 Å². The van der Waals surface area contributed by atoms with E-state index in [1.165, 1.54) is 28.1 Å². The van der Waals surface area contributed by atoms with Crippen molar-refractivity contribution in [1.82, 2.24) is 0 Å². The first-order valence-electron chi connectivity index (χ1n) is 12.7. The Labute approximate surface area is 226 Å². The molecule has 208 valence electrons. The van der Waals surface area contributed by atoms with Crippen LogP contribution >= 0.6 is 0 Å².